The smallest absolute Gasteiger partial charge is 0.247 e. The van der Waals surface area contributed by atoms with Crippen LogP contribution in [0.1, 0.15) is 75.1 Å². The Bertz CT molecular complexity index is 1900. The first-order valence-electron chi connectivity index (χ1n) is 22.1. The van der Waals surface area contributed by atoms with Gasteiger partial charge in [-0.3, -0.25) is 9.59 Å². The molecular weight excluding hydrogens is 831 g/mol. The van der Waals surface area contributed by atoms with Crippen molar-refractivity contribution < 1.29 is 34.0 Å². The molecule has 5 atom stereocenters. The highest BCUT2D eigenvalue weighted by atomic mass is 16.5. The van der Waals surface area contributed by atoms with Crippen molar-refractivity contribution in [2.24, 2.45) is 23.1 Å². The van der Waals surface area contributed by atoms with E-state index in [1.807, 2.05) is 33.4 Å². The third-order valence-corrected chi connectivity index (χ3v) is 11.3. The largest absolute Gasteiger partial charge is 0.394 e. The fourth-order valence-electron chi connectivity index (χ4n) is 7.26. The number of hydrogen-bond acceptors (Lipinski definition) is 20. The molecule has 2 amide bonds. The van der Waals surface area contributed by atoms with Gasteiger partial charge in [-0.25, -0.2) is 9.36 Å². The Kier molecular flexibility index (Phi) is 20.3. The van der Waals surface area contributed by atoms with E-state index in [2.05, 4.69) is 31.9 Å². The summed E-state index contributed by atoms with van der Waals surface area (Å²) in [5, 5.41) is 39.0. The monoisotopic (exact) mass is 898 g/mol. The minimum absolute atomic E-state index is 0.0375. The maximum atomic E-state index is 14.1. The van der Waals surface area contributed by atoms with E-state index in [0.29, 0.717) is 134 Å². The first-order chi connectivity index (χ1) is 31.1. The third-order valence-electron chi connectivity index (χ3n) is 11.3. The number of aliphatic hydroxyl groups excluding tert-OH is 2. The predicted molar refractivity (Wildman–Crippen MR) is 236 cm³/mol. The van der Waals surface area contributed by atoms with Crippen molar-refractivity contribution in [3.63, 3.8) is 0 Å². The number of nitrogens with zero attached hydrogens (tertiary/aromatic N) is 13. The molecule has 0 aliphatic carbocycles. The highest BCUT2D eigenvalue weighted by Gasteiger charge is 2.35. The van der Waals surface area contributed by atoms with Crippen molar-refractivity contribution in [3.05, 3.63) is 23.8 Å². The molecule has 3 aromatic rings. The molecule has 0 spiro atoms. The molecule has 24 nitrogen and oxygen atoms in total. The van der Waals surface area contributed by atoms with Crippen LogP contribution in [0.5, 0.6) is 0 Å². The predicted octanol–water partition coefficient (Wildman–Crippen LogP) is -1.91. The van der Waals surface area contributed by atoms with Crippen LogP contribution in [0.4, 0.5) is 17.8 Å². The first-order valence-corrected chi connectivity index (χ1v) is 22.1. The summed E-state index contributed by atoms with van der Waals surface area (Å²) in [6, 6.07) is -2.58. The molecule has 9 N–H and O–H groups in total. The van der Waals surface area contributed by atoms with Crippen LogP contribution in [0, 0.1) is 18.3 Å². The van der Waals surface area contributed by atoms with Gasteiger partial charge in [-0.2, -0.15) is 15.0 Å². The van der Waals surface area contributed by atoms with Crippen LogP contribution in [-0.4, -0.2) is 195 Å². The van der Waals surface area contributed by atoms with E-state index < -0.39 is 24.2 Å². The summed E-state index contributed by atoms with van der Waals surface area (Å²) in [6.07, 6.45) is 11.2. The number of amides is 2. The van der Waals surface area contributed by atoms with Crippen molar-refractivity contribution in [1.82, 2.24) is 54.7 Å². The molecule has 2 aliphatic heterocycles. The first kappa shape index (κ1) is 49.9. The number of hydrogen-bond donors (Lipinski definition) is 6. The highest BCUT2D eigenvalue weighted by molar-refractivity contribution is 5.81. The second-order valence-electron chi connectivity index (χ2n) is 15.7. The summed E-state index contributed by atoms with van der Waals surface area (Å²) >= 11 is 0. The Labute approximate surface area is 374 Å². The second-order valence-corrected chi connectivity index (χ2v) is 15.7. The number of piperazine rings is 2. The Morgan fingerprint density at radius 2 is 1.31 bits per heavy atom. The SMILES string of the molecule is C#CCOCCOCCOCCNc1nc(N2CCN(C(=O)[C@H]([C@@H](C)CC)n3cc([C@@H](N)CO)nn3)CC2)nc(N2CCN(C(=O)[C@H](CCCCN)n3cc([C@@H](N)CO)nn3)CC2)n1. The third kappa shape index (κ3) is 13.9. The summed E-state index contributed by atoms with van der Waals surface area (Å²) in [7, 11) is 0. The van der Waals surface area contributed by atoms with Gasteiger partial charge < -0.3 is 66.5 Å². The Morgan fingerprint density at radius 1 is 0.781 bits per heavy atom. The molecule has 0 unspecified atom stereocenters. The molecule has 5 heterocycles. The molecule has 2 aliphatic rings. The summed E-state index contributed by atoms with van der Waals surface area (Å²) in [6.45, 7) is 10.2. The number of aliphatic hydroxyl groups is 2. The molecule has 0 aromatic carbocycles. The number of aromatic nitrogens is 9. The van der Waals surface area contributed by atoms with Gasteiger partial charge in [0.05, 0.1) is 70.7 Å². The average Bonchev–Trinajstić information content (AvgIpc) is 4.03. The normalized spacial score (nSPS) is 16.9. The van der Waals surface area contributed by atoms with E-state index in [1.54, 1.807) is 17.1 Å². The van der Waals surface area contributed by atoms with Crippen molar-refractivity contribution in [1.29, 1.82) is 0 Å². The van der Waals surface area contributed by atoms with E-state index in [0.717, 1.165) is 19.3 Å². The lowest BCUT2D eigenvalue weighted by atomic mass is 9.97. The molecule has 0 bridgehead atoms. The van der Waals surface area contributed by atoms with Crippen LogP contribution >= 0.6 is 0 Å². The van der Waals surface area contributed by atoms with Gasteiger partial charge in [0, 0.05) is 58.9 Å². The van der Waals surface area contributed by atoms with E-state index in [-0.39, 0.29) is 37.6 Å². The van der Waals surface area contributed by atoms with Crippen molar-refractivity contribution in [2.75, 3.05) is 133 Å². The Hall–Kier alpha value is -5.13. The van der Waals surface area contributed by atoms with E-state index in [9.17, 15) is 19.8 Å². The van der Waals surface area contributed by atoms with Crippen molar-refractivity contribution in [2.45, 2.75) is 63.7 Å². The van der Waals surface area contributed by atoms with Gasteiger partial charge in [0.1, 0.15) is 30.1 Å². The van der Waals surface area contributed by atoms with Crippen LogP contribution < -0.4 is 32.3 Å². The van der Waals surface area contributed by atoms with Crippen LogP contribution in [0.25, 0.3) is 0 Å². The molecule has 354 valence electrons. The lowest BCUT2D eigenvalue weighted by Crippen LogP contribution is -2.52. The number of carbonyl (C=O) groups is 2. The average molecular weight is 898 g/mol. The zero-order valence-electron chi connectivity index (χ0n) is 37.2. The highest BCUT2D eigenvalue weighted by Crippen LogP contribution is 2.27. The summed E-state index contributed by atoms with van der Waals surface area (Å²) < 4.78 is 19.6. The lowest BCUT2D eigenvalue weighted by Gasteiger charge is -2.38. The molecule has 0 saturated carbocycles. The molecule has 5 rings (SSSR count). The zero-order valence-corrected chi connectivity index (χ0v) is 37.2. The van der Waals surface area contributed by atoms with E-state index >= 15 is 0 Å². The molecule has 2 saturated heterocycles. The lowest BCUT2D eigenvalue weighted by molar-refractivity contribution is -0.137. The topological polar surface area (TPSA) is 305 Å². The standard InChI is InChI=1S/C40H67N17O7/c1-4-19-62-21-23-64-24-22-63-20-10-44-38-45-39(54-15-11-52(12-16-54)36(60)34(8-6-7-9-41)56-25-32(48-50-56)30(42)27-58)47-40(46-38)55-17-13-53(14-18-55)37(61)35(29(3)5-2)57-26-33(49-51-57)31(43)28-59/h1,25-26,29-31,34-35,58-59H,5-24,27-28,41-43H2,2-3H3,(H,44,45,46,47)/t29-,30-,31-,34-,35-/m0/s1. The molecule has 3 aromatic heterocycles. The molecule has 64 heavy (non-hydrogen) atoms. The van der Waals surface area contributed by atoms with Gasteiger partial charge in [0.25, 0.3) is 0 Å². The number of ether oxygens (including phenoxy) is 3. The van der Waals surface area contributed by atoms with Gasteiger partial charge >= 0.3 is 0 Å². The molecule has 0 radical (unpaired) electrons. The maximum absolute atomic E-state index is 14.1. The summed E-state index contributed by atoms with van der Waals surface area (Å²) in [4.78, 5) is 50.4. The Morgan fingerprint density at radius 3 is 1.86 bits per heavy atom. The molecule has 2 fully saturated rings. The fourth-order valence-corrected chi connectivity index (χ4v) is 7.26. The maximum Gasteiger partial charge on any atom is 0.247 e. The summed E-state index contributed by atoms with van der Waals surface area (Å²) in [5.74, 6) is 3.50. The van der Waals surface area contributed by atoms with Crippen LogP contribution in [0.3, 0.4) is 0 Å². The number of anilines is 3. The number of carbonyl (C=O) groups excluding carboxylic acids is 2. The van der Waals surface area contributed by atoms with Gasteiger partial charge in [-0.1, -0.05) is 36.6 Å². The molecular formula is C40H67N17O7. The minimum atomic E-state index is -0.698. The number of rotatable bonds is 27. The number of terminal acetylenes is 1. The van der Waals surface area contributed by atoms with Crippen LogP contribution in [-0.2, 0) is 23.8 Å². The van der Waals surface area contributed by atoms with Crippen molar-refractivity contribution >= 4 is 29.7 Å². The number of unbranched alkanes of at least 4 members (excludes halogenated alkanes) is 1. The van der Waals surface area contributed by atoms with E-state index in [1.165, 1.54) is 4.68 Å². The second kappa shape index (κ2) is 26.0. The van der Waals surface area contributed by atoms with Gasteiger partial charge in [0.2, 0.25) is 29.7 Å². The van der Waals surface area contributed by atoms with Gasteiger partial charge in [-0.15, -0.1) is 16.6 Å². The summed E-state index contributed by atoms with van der Waals surface area (Å²) in [5.41, 5.74) is 18.6. The van der Waals surface area contributed by atoms with E-state index in [4.69, 9.17) is 52.8 Å². The number of nitrogens with two attached hydrogens (primary N) is 3. The van der Waals surface area contributed by atoms with Crippen molar-refractivity contribution in [3.8, 4) is 12.3 Å². The number of nitrogens with one attached hydrogen (secondary N) is 1. The zero-order chi connectivity index (χ0) is 45.8. The van der Waals surface area contributed by atoms with Gasteiger partial charge in [0.15, 0.2) is 0 Å². The van der Waals surface area contributed by atoms with Crippen LogP contribution in [0.2, 0.25) is 0 Å². The van der Waals surface area contributed by atoms with Crippen LogP contribution in [0.15, 0.2) is 12.4 Å². The molecule has 24 heteroatoms. The quantitative estimate of drug-likeness (QED) is 0.0359. The minimum Gasteiger partial charge on any atom is -0.394 e. The van der Waals surface area contributed by atoms with Gasteiger partial charge in [-0.05, 0) is 31.7 Å². The Balaban J connectivity index is 1.25. The fraction of sp³-hybridized carbons (Fsp3) is 0.725.